The fraction of sp³-hybridized carbons (Fsp3) is 0.227. The first-order chi connectivity index (χ1) is 15.2. The normalized spacial score (nSPS) is 18.2. The number of nitrogens with two attached hydrogens (primary N) is 3. The Morgan fingerprint density at radius 1 is 1.09 bits per heavy atom. The summed E-state index contributed by atoms with van der Waals surface area (Å²) < 4.78 is 42.5. The Bertz CT molecular complexity index is 1190. The van der Waals surface area contributed by atoms with Gasteiger partial charge in [0, 0.05) is 24.2 Å². The maximum atomic E-state index is 14.7. The Morgan fingerprint density at radius 2 is 1.81 bits per heavy atom. The molecule has 2 aromatic carbocycles. The number of hydrogen-bond donors (Lipinski definition) is 3. The molecular formula is C22H21F3N6O. The molecule has 0 radical (unpaired) electrons. The van der Waals surface area contributed by atoms with Crippen LogP contribution >= 0.6 is 0 Å². The van der Waals surface area contributed by atoms with Gasteiger partial charge in [0.05, 0.1) is 11.1 Å². The van der Waals surface area contributed by atoms with Crippen molar-refractivity contribution < 1.29 is 18.0 Å². The Morgan fingerprint density at radius 3 is 2.50 bits per heavy atom. The average Bonchev–Trinajstić information content (AvgIpc) is 3.13. The highest BCUT2D eigenvalue weighted by Gasteiger charge is 2.38. The number of anilines is 2. The van der Waals surface area contributed by atoms with Crippen molar-refractivity contribution in [1.82, 2.24) is 9.97 Å². The second-order valence-electron chi connectivity index (χ2n) is 7.93. The summed E-state index contributed by atoms with van der Waals surface area (Å²) in [6, 6.07) is 7.77. The van der Waals surface area contributed by atoms with Gasteiger partial charge in [-0.05, 0) is 42.7 Å². The standard InChI is InChI=1S/C22H21F3N6O/c23-13-3-1-12(2-4-13)17-19(26)29-11-30-21(17)31-8-7-22(28,10-31)9-15-16(24)6-5-14(18(15)25)20(27)32/h1-6,11H,7-10,28H2,(H2,27,32)(H2,26,29,30)/t22-/m1/s1. The van der Waals surface area contributed by atoms with E-state index in [0.717, 1.165) is 12.1 Å². The van der Waals surface area contributed by atoms with Crippen molar-refractivity contribution in [1.29, 1.82) is 0 Å². The topological polar surface area (TPSA) is 124 Å². The SMILES string of the molecule is NC(=O)c1ccc(F)c(C[C@]2(N)CCN(c3ncnc(N)c3-c3ccc(F)cc3)C2)c1F. The van der Waals surface area contributed by atoms with Crippen molar-refractivity contribution in [2.24, 2.45) is 11.5 Å². The molecule has 1 fully saturated rings. The third-order valence-electron chi connectivity index (χ3n) is 5.65. The van der Waals surface area contributed by atoms with Gasteiger partial charge >= 0.3 is 0 Å². The second kappa shape index (κ2) is 8.12. The minimum atomic E-state index is -1.00. The van der Waals surface area contributed by atoms with Crippen LogP contribution in [0.3, 0.4) is 0 Å². The Balaban J connectivity index is 1.65. The van der Waals surface area contributed by atoms with E-state index in [2.05, 4.69) is 9.97 Å². The summed E-state index contributed by atoms with van der Waals surface area (Å²) in [5.74, 6) is -2.47. The molecule has 0 bridgehead atoms. The zero-order valence-electron chi connectivity index (χ0n) is 17.0. The molecule has 1 aliphatic rings. The second-order valence-corrected chi connectivity index (χ2v) is 7.93. The van der Waals surface area contributed by atoms with Crippen LogP contribution in [-0.2, 0) is 6.42 Å². The van der Waals surface area contributed by atoms with Crippen molar-refractivity contribution in [3.63, 3.8) is 0 Å². The number of carbonyl (C=O) groups is 1. The van der Waals surface area contributed by atoms with Crippen molar-refractivity contribution in [3.8, 4) is 11.1 Å². The van der Waals surface area contributed by atoms with E-state index in [9.17, 15) is 18.0 Å². The van der Waals surface area contributed by atoms with Crippen molar-refractivity contribution in [3.05, 3.63) is 71.3 Å². The van der Waals surface area contributed by atoms with E-state index in [1.54, 1.807) is 12.1 Å². The number of nitrogen functional groups attached to an aromatic ring is 1. The van der Waals surface area contributed by atoms with Crippen LogP contribution in [0.1, 0.15) is 22.3 Å². The van der Waals surface area contributed by atoms with Crippen molar-refractivity contribution in [2.45, 2.75) is 18.4 Å². The predicted octanol–water partition coefficient (Wildman–Crippen LogP) is 2.39. The molecule has 0 spiro atoms. The highest BCUT2D eigenvalue weighted by molar-refractivity contribution is 5.93. The van der Waals surface area contributed by atoms with E-state index in [4.69, 9.17) is 17.2 Å². The fourth-order valence-electron chi connectivity index (χ4n) is 4.05. The van der Waals surface area contributed by atoms with Crippen LogP contribution < -0.4 is 22.1 Å². The van der Waals surface area contributed by atoms with E-state index in [1.165, 1.54) is 18.5 Å². The van der Waals surface area contributed by atoms with E-state index in [0.29, 0.717) is 29.9 Å². The molecule has 0 unspecified atom stereocenters. The average molecular weight is 442 g/mol. The van der Waals surface area contributed by atoms with E-state index in [1.807, 2.05) is 4.90 Å². The predicted molar refractivity (Wildman–Crippen MR) is 114 cm³/mol. The molecule has 1 saturated heterocycles. The van der Waals surface area contributed by atoms with Crippen LogP contribution in [0, 0.1) is 17.5 Å². The first kappa shape index (κ1) is 21.6. The number of benzene rings is 2. The molecule has 32 heavy (non-hydrogen) atoms. The minimum absolute atomic E-state index is 0.144. The number of amides is 1. The fourth-order valence-corrected chi connectivity index (χ4v) is 4.05. The van der Waals surface area contributed by atoms with Crippen LogP contribution in [0.5, 0.6) is 0 Å². The van der Waals surface area contributed by atoms with Gasteiger partial charge in [-0.2, -0.15) is 0 Å². The molecule has 2 heterocycles. The van der Waals surface area contributed by atoms with Crippen LogP contribution in [0.2, 0.25) is 0 Å². The highest BCUT2D eigenvalue weighted by Crippen LogP contribution is 2.37. The molecule has 0 aliphatic carbocycles. The number of hydrogen-bond acceptors (Lipinski definition) is 6. The maximum absolute atomic E-state index is 14.7. The van der Waals surface area contributed by atoms with Crippen molar-refractivity contribution in [2.75, 3.05) is 23.7 Å². The first-order valence-electron chi connectivity index (χ1n) is 9.85. The zero-order valence-corrected chi connectivity index (χ0v) is 17.0. The molecule has 4 rings (SSSR count). The van der Waals surface area contributed by atoms with Crippen molar-refractivity contribution >= 4 is 17.5 Å². The maximum Gasteiger partial charge on any atom is 0.251 e. The molecule has 6 N–H and O–H groups in total. The van der Waals surface area contributed by atoms with E-state index < -0.39 is 28.9 Å². The van der Waals surface area contributed by atoms with Gasteiger partial charge in [0.1, 0.15) is 35.4 Å². The Labute approximate surface area is 182 Å². The molecule has 3 aromatic rings. The first-order valence-corrected chi connectivity index (χ1v) is 9.85. The summed E-state index contributed by atoms with van der Waals surface area (Å²) in [4.78, 5) is 21.7. The smallest absolute Gasteiger partial charge is 0.251 e. The van der Waals surface area contributed by atoms with Gasteiger partial charge in [-0.3, -0.25) is 4.79 Å². The molecular weight excluding hydrogens is 421 g/mol. The van der Waals surface area contributed by atoms with Gasteiger partial charge in [-0.25, -0.2) is 23.1 Å². The molecule has 10 heteroatoms. The van der Waals surface area contributed by atoms with Gasteiger partial charge in [0.25, 0.3) is 5.91 Å². The number of primary amides is 1. The summed E-state index contributed by atoms with van der Waals surface area (Å²) in [7, 11) is 0. The quantitative estimate of drug-likeness (QED) is 0.557. The van der Waals surface area contributed by atoms with Crippen LogP contribution in [-0.4, -0.2) is 34.5 Å². The number of aromatic nitrogens is 2. The molecule has 7 nitrogen and oxygen atoms in total. The lowest BCUT2D eigenvalue weighted by atomic mass is 9.89. The summed E-state index contributed by atoms with van der Waals surface area (Å²) in [5.41, 5.74) is 17.2. The number of nitrogens with zero attached hydrogens (tertiary/aromatic N) is 3. The largest absolute Gasteiger partial charge is 0.383 e. The third kappa shape index (κ3) is 3.96. The minimum Gasteiger partial charge on any atom is -0.383 e. The van der Waals surface area contributed by atoms with Crippen LogP contribution in [0.4, 0.5) is 24.8 Å². The lowest BCUT2D eigenvalue weighted by Crippen LogP contribution is -2.45. The number of halogens is 3. The summed E-state index contributed by atoms with van der Waals surface area (Å²) >= 11 is 0. The molecule has 1 aromatic heterocycles. The highest BCUT2D eigenvalue weighted by atomic mass is 19.1. The lowest BCUT2D eigenvalue weighted by Gasteiger charge is -2.27. The summed E-state index contributed by atoms with van der Waals surface area (Å²) in [5, 5.41) is 0. The van der Waals surface area contributed by atoms with Gasteiger partial charge in [-0.1, -0.05) is 12.1 Å². The number of carbonyl (C=O) groups excluding carboxylic acids is 1. The third-order valence-corrected chi connectivity index (χ3v) is 5.65. The molecule has 1 atom stereocenters. The molecule has 166 valence electrons. The van der Waals surface area contributed by atoms with E-state index >= 15 is 0 Å². The molecule has 1 amide bonds. The van der Waals surface area contributed by atoms with Crippen LogP contribution in [0.25, 0.3) is 11.1 Å². The monoisotopic (exact) mass is 442 g/mol. The Hall–Kier alpha value is -3.66. The van der Waals surface area contributed by atoms with Gasteiger partial charge < -0.3 is 22.1 Å². The van der Waals surface area contributed by atoms with Gasteiger partial charge in [0.15, 0.2) is 0 Å². The Kier molecular flexibility index (Phi) is 5.47. The van der Waals surface area contributed by atoms with Gasteiger partial charge in [-0.15, -0.1) is 0 Å². The summed E-state index contributed by atoms with van der Waals surface area (Å²) in [6.45, 7) is 0.664. The molecule has 0 saturated carbocycles. The van der Waals surface area contributed by atoms with E-state index in [-0.39, 0.29) is 29.9 Å². The lowest BCUT2D eigenvalue weighted by molar-refractivity contribution is 0.0996. The summed E-state index contributed by atoms with van der Waals surface area (Å²) in [6.07, 6.45) is 1.57. The van der Waals surface area contributed by atoms with Gasteiger partial charge in [0.2, 0.25) is 0 Å². The molecule has 1 aliphatic heterocycles. The number of rotatable bonds is 5. The van der Waals surface area contributed by atoms with Crippen LogP contribution in [0.15, 0.2) is 42.7 Å². The zero-order chi connectivity index (χ0) is 23.0.